The minimum Gasteiger partial charge on any atom is -0.463 e. The minimum absolute atomic E-state index is 0.00407. The van der Waals surface area contributed by atoms with Crippen molar-refractivity contribution in [2.45, 2.75) is 116 Å². The van der Waals surface area contributed by atoms with Crippen molar-refractivity contribution >= 4 is 29.9 Å². The summed E-state index contributed by atoms with van der Waals surface area (Å²) in [7, 11) is -3.38. The average molecular weight is 745 g/mol. The maximum absolute atomic E-state index is 14.2. The van der Waals surface area contributed by atoms with Gasteiger partial charge in [0.15, 0.2) is 0 Å². The summed E-state index contributed by atoms with van der Waals surface area (Å²) < 4.78 is 26.0. The van der Waals surface area contributed by atoms with Gasteiger partial charge in [0.25, 0.3) is 7.37 Å². The van der Waals surface area contributed by atoms with E-state index in [-0.39, 0.29) is 43.0 Å². The molecule has 0 aromatic heterocycles. The van der Waals surface area contributed by atoms with Gasteiger partial charge in [0.05, 0.1) is 12.0 Å². The van der Waals surface area contributed by atoms with Crippen molar-refractivity contribution in [3.8, 4) is 0 Å². The first-order chi connectivity index (χ1) is 25.1. The molecule has 1 aliphatic rings. The van der Waals surface area contributed by atoms with E-state index in [0.29, 0.717) is 36.3 Å². The van der Waals surface area contributed by atoms with E-state index in [9.17, 15) is 19.4 Å². The van der Waals surface area contributed by atoms with Gasteiger partial charge >= 0.3 is 5.97 Å². The zero-order chi connectivity index (χ0) is 38.7. The van der Waals surface area contributed by atoms with Crippen LogP contribution in [-0.4, -0.2) is 52.5 Å². The fourth-order valence-corrected chi connectivity index (χ4v) is 9.63. The van der Waals surface area contributed by atoms with Crippen molar-refractivity contribution in [3.05, 3.63) is 109 Å². The Bertz CT molecular complexity index is 1620. The van der Waals surface area contributed by atoms with Crippen LogP contribution >= 0.6 is 7.37 Å². The summed E-state index contributed by atoms with van der Waals surface area (Å²) in [6.45, 7) is 14.0. The zero-order valence-corrected chi connectivity index (χ0v) is 33.7. The SMILES string of the molecule is CCC(C)(CC(C/C=C/CCC(C)C(=O)NC1CC(C)(C)N(O)C(C)(C)C1)c1ccccc1)C(=O)OCCOP(=O)(c1ccccc1)c1ccccc1. The van der Waals surface area contributed by atoms with Gasteiger partial charge in [0.2, 0.25) is 5.91 Å². The summed E-state index contributed by atoms with van der Waals surface area (Å²) >= 11 is 0. The molecule has 0 spiro atoms. The monoisotopic (exact) mass is 744 g/mol. The third kappa shape index (κ3) is 11.2. The van der Waals surface area contributed by atoms with Gasteiger partial charge in [-0.1, -0.05) is 92.7 Å². The predicted octanol–water partition coefficient (Wildman–Crippen LogP) is 8.96. The van der Waals surface area contributed by atoms with E-state index in [4.69, 9.17) is 9.26 Å². The summed E-state index contributed by atoms with van der Waals surface area (Å²) in [4.78, 5) is 26.8. The minimum atomic E-state index is -3.38. The van der Waals surface area contributed by atoms with E-state index in [0.717, 1.165) is 24.8 Å². The molecule has 3 unspecified atom stereocenters. The second-order valence-electron chi connectivity index (χ2n) is 16.2. The number of allylic oxidation sites excluding steroid dienone is 2. The number of rotatable bonds is 18. The number of nitrogens with zero attached hydrogens (tertiary/aromatic N) is 1. The molecule has 53 heavy (non-hydrogen) atoms. The molecular weight excluding hydrogens is 683 g/mol. The van der Waals surface area contributed by atoms with E-state index < -0.39 is 23.9 Å². The van der Waals surface area contributed by atoms with E-state index in [2.05, 4.69) is 29.6 Å². The number of hydroxylamine groups is 2. The molecule has 0 bridgehead atoms. The van der Waals surface area contributed by atoms with E-state index in [1.165, 1.54) is 5.06 Å². The number of piperidine rings is 1. The zero-order valence-electron chi connectivity index (χ0n) is 32.8. The lowest BCUT2D eigenvalue weighted by Gasteiger charge is -2.51. The lowest BCUT2D eigenvalue weighted by Crippen LogP contribution is -2.63. The number of carbonyl (C=O) groups excluding carboxylic acids is 2. The average Bonchev–Trinajstić information content (AvgIpc) is 3.15. The van der Waals surface area contributed by atoms with E-state index in [1.54, 1.807) is 24.3 Å². The summed E-state index contributed by atoms with van der Waals surface area (Å²) in [6.07, 6.45) is 9.14. The van der Waals surface area contributed by atoms with Crippen LogP contribution in [0.2, 0.25) is 0 Å². The standard InChI is InChI=1S/C44H61N2O6P/c1-8-44(7,41(48)51-29-30-52-53(50,38-25-17-11-18-26-38)39-27-19-12-20-28-39)31-36(35-22-14-10-15-23-35)24-16-9-13-21-34(2)40(47)45-37-32-42(3,4)46(49)43(5,6)33-37/h9-12,14-20,22-23,25-28,34,36-37,49H,8,13,21,24,29-33H2,1-7H3,(H,45,47)/b16-9+. The molecule has 288 valence electrons. The fraction of sp³-hybridized carbons (Fsp3) is 0.500. The number of nitrogens with one attached hydrogen (secondary N) is 1. The van der Waals surface area contributed by atoms with Gasteiger partial charge in [-0.3, -0.25) is 14.2 Å². The Kier molecular flexibility index (Phi) is 14.9. The molecule has 4 rings (SSSR count). The van der Waals surface area contributed by atoms with Crippen LogP contribution in [0.4, 0.5) is 0 Å². The van der Waals surface area contributed by atoms with Crippen molar-refractivity contribution in [1.82, 2.24) is 10.4 Å². The molecule has 9 heteroatoms. The number of ether oxygens (including phenoxy) is 1. The van der Waals surface area contributed by atoms with E-state index >= 15 is 0 Å². The Labute approximate surface area is 317 Å². The molecule has 2 N–H and O–H groups in total. The summed E-state index contributed by atoms with van der Waals surface area (Å²) in [5, 5.41) is 16.5. The van der Waals surface area contributed by atoms with Crippen molar-refractivity contribution < 1.29 is 28.6 Å². The molecule has 1 fully saturated rings. The molecular formula is C44H61N2O6P. The first kappa shape index (κ1) is 42.2. The molecule has 3 atom stereocenters. The van der Waals surface area contributed by atoms with Crippen LogP contribution in [0.1, 0.15) is 105 Å². The van der Waals surface area contributed by atoms with Crippen LogP contribution in [0.3, 0.4) is 0 Å². The normalized spacial score (nSPS) is 18.6. The van der Waals surface area contributed by atoms with Crippen molar-refractivity contribution in [3.63, 3.8) is 0 Å². The van der Waals surface area contributed by atoms with Crippen LogP contribution in [-0.2, 0) is 23.4 Å². The number of esters is 1. The van der Waals surface area contributed by atoms with Crippen LogP contribution in [0.15, 0.2) is 103 Å². The smallest absolute Gasteiger partial charge is 0.311 e. The van der Waals surface area contributed by atoms with Crippen LogP contribution in [0, 0.1) is 11.3 Å². The number of amides is 1. The molecule has 1 saturated heterocycles. The number of benzene rings is 3. The summed E-state index contributed by atoms with van der Waals surface area (Å²) in [6, 6.07) is 28.6. The van der Waals surface area contributed by atoms with Gasteiger partial charge in [-0.05, 0) is 115 Å². The van der Waals surface area contributed by atoms with Crippen molar-refractivity contribution in [1.29, 1.82) is 0 Å². The number of hydrogen-bond donors (Lipinski definition) is 2. The summed E-state index contributed by atoms with van der Waals surface area (Å²) in [5.41, 5.74) is -0.417. The molecule has 0 saturated carbocycles. The van der Waals surface area contributed by atoms with Crippen LogP contribution in [0.25, 0.3) is 0 Å². The van der Waals surface area contributed by atoms with Gasteiger partial charge in [-0.25, -0.2) is 0 Å². The highest BCUT2D eigenvalue weighted by atomic mass is 31.2. The largest absolute Gasteiger partial charge is 0.463 e. The first-order valence-electron chi connectivity index (χ1n) is 19.1. The van der Waals surface area contributed by atoms with Gasteiger partial charge in [-0.15, -0.1) is 0 Å². The highest BCUT2D eigenvalue weighted by Gasteiger charge is 2.45. The Balaban J connectivity index is 1.31. The predicted molar refractivity (Wildman–Crippen MR) is 214 cm³/mol. The van der Waals surface area contributed by atoms with Gasteiger partial charge in [0, 0.05) is 33.6 Å². The molecule has 0 radical (unpaired) electrons. The molecule has 3 aromatic rings. The maximum atomic E-state index is 14.2. The summed E-state index contributed by atoms with van der Waals surface area (Å²) in [5.74, 6) is -0.296. The Morgan fingerprint density at radius 1 is 0.906 bits per heavy atom. The second kappa shape index (κ2) is 18.7. The maximum Gasteiger partial charge on any atom is 0.311 e. The Morgan fingerprint density at radius 2 is 1.43 bits per heavy atom. The molecule has 0 aliphatic carbocycles. The lowest BCUT2D eigenvalue weighted by atomic mass is 9.75. The molecule has 1 amide bonds. The van der Waals surface area contributed by atoms with Gasteiger partial charge < -0.3 is 19.8 Å². The molecule has 1 aliphatic heterocycles. The van der Waals surface area contributed by atoms with Gasteiger partial charge in [0.1, 0.15) is 6.61 Å². The van der Waals surface area contributed by atoms with Crippen LogP contribution < -0.4 is 15.9 Å². The highest BCUT2D eigenvalue weighted by Crippen LogP contribution is 2.44. The topological polar surface area (TPSA) is 105 Å². The van der Waals surface area contributed by atoms with Crippen molar-refractivity contribution in [2.75, 3.05) is 13.2 Å². The van der Waals surface area contributed by atoms with Crippen molar-refractivity contribution in [2.24, 2.45) is 11.3 Å². The highest BCUT2D eigenvalue weighted by molar-refractivity contribution is 7.74. The third-order valence-electron chi connectivity index (χ3n) is 10.8. The number of carbonyl (C=O) groups is 2. The number of hydrogen-bond acceptors (Lipinski definition) is 7. The van der Waals surface area contributed by atoms with E-state index in [1.807, 2.05) is 103 Å². The van der Waals surface area contributed by atoms with Gasteiger partial charge in [-0.2, -0.15) is 5.06 Å². The molecule has 1 heterocycles. The molecule has 8 nitrogen and oxygen atoms in total. The molecule has 3 aromatic carbocycles. The fourth-order valence-electron chi connectivity index (χ4n) is 7.57. The quantitative estimate of drug-likeness (QED) is 0.0580. The Hall–Kier alpha value is -3.55. The Morgan fingerprint density at radius 3 is 1.96 bits per heavy atom. The second-order valence-corrected chi connectivity index (χ2v) is 18.5. The first-order valence-corrected chi connectivity index (χ1v) is 20.8. The third-order valence-corrected chi connectivity index (χ3v) is 13.3. The lowest BCUT2D eigenvalue weighted by molar-refractivity contribution is -0.246. The van der Waals surface area contributed by atoms with Crippen LogP contribution in [0.5, 0.6) is 0 Å².